The Kier molecular flexibility index (Phi) is 5.27. The van der Waals surface area contributed by atoms with E-state index < -0.39 is 0 Å². The molecule has 4 rings (SSSR count). The van der Waals surface area contributed by atoms with E-state index in [1.807, 2.05) is 61.0 Å². The first-order valence-electron chi connectivity index (χ1n) is 9.97. The van der Waals surface area contributed by atoms with Crippen molar-refractivity contribution in [2.45, 2.75) is 20.4 Å². The van der Waals surface area contributed by atoms with Crippen molar-refractivity contribution >= 4 is 17.6 Å². The molecule has 1 saturated heterocycles. The predicted octanol–water partition coefficient (Wildman–Crippen LogP) is 3.29. The van der Waals surface area contributed by atoms with Crippen LogP contribution in [0, 0.1) is 13.8 Å². The summed E-state index contributed by atoms with van der Waals surface area (Å²) >= 11 is 0. The number of anilines is 1. The van der Waals surface area contributed by atoms with E-state index in [1.54, 1.807) is 29.0 Å². The number of para-hydroxylation sites is 1. The van der Waals surface area contributed by atoms with Crippen LogP contribution in [0.2, 0.25) is 0 Å². The monoisotopic (exact) mass is 403 g/mol. The normalized spacial score (nSPS) is 13.4. The van der Waals surface area contributed by atoms with E-state index in [1.165, 1.54) is 0 Å². The van der Waals surface area contributed by atoms with Crippen LogP contribution >= 0.6 is 0 Å². The van der Waals surface area contributed by atoms with E-state index in [-0.39, 0.29) is 11.9 Å². The molecule has 3 aromatic rings. The topological polar surface area (TPSA) is 70.5 Å². The maximum Gasteiger partial charge on any atom is 0.321 e. The van der Waals surface area contributed by atoms with Gasteiger partial charge in [0.2, 0.25) is 0 Å². The van der Waals surface area contributed by atoms with Crippen LogP contribution in [0.3, 0.4) is 0 Å². The highest BCUT2D eigenvalue weighted by molar-refractivity contribution is 5.96. The number of hydrogen-bond donors (Lipinski definition) is 1. The van der Waals surface area contributed by atoms with Crippen LogP contribution in [0.5, 0.6) is 0 Å². The summed E-state index contributed by atoms with van der Waals surface area (Å²) < 4.78 is 1.92. The molecule has 2 heterocycles. The van der Waals surface area contributed by atoms with Crippen molar-refractivity contribution in [3.05, 3.63) is 77.1 Å². The van der Waals surface area contributed by atoms with Crippen LogP contribution in [0.25, 0.3) is 5.69 Å². The molecule has 0 saturated carbocycles. The molecule has 0 bridgehead atoms. The van der Waals surface area contributed by atoms with Crippen LogP contribution < -0.4 is 10.2 Å². The number of carbonyl (C=O) groups excluding carboxylic acids is 2. The summed E-state index contributed by atoms with van der Waals surface area (Å²) in [5, 5.41) is 7.44. The summed E-state index contributed by atoms with van der Waals surface area (Å²) in [5.74, 6) is -0.0707. The van der Waals surface area contributed by atoms with Gasteiger partial charge in [0.05, 0.1) is 11.4 Å². The highest BCUT2D eigenvalue weighted by Crippen LogP contribution is 2.21. The number of rotatable bonds is 5. The zero-order valence-corrected chi connectivity index (χ0v) is 17.4. The van der Waals surface area contributed by atoms with E-state index in [0.29, 0.717) is 25.2 Å². The fraction of sp³-hybridized carbons (Fsp3) is 0.261. The second-order valence-corrected chi connectivity index (χ2v) is 7.49. The van der Waals surface area contributed by atoms with Crippen molar-refractivity contribution in [3.8, 4) is 5.69 Å². The number of amides is 3. The van der Waals surface area contributed by atoms with Crippen LogP contribution in [0.1, 0.15) is 27.3 Å². The van der Waals surface area contributed by atoms with Crippen molar-refractivity contribution in [2.24, 2.45) is 0 Å². The molecule has 0 unspecified atom stereocenters. The molecule has 1 N–H and O–H groups in total. The van der Waals surface area contributed by atoms with Gasteiger partial charge < -0.3 is 10.2 Å². The number of hydrogen-bond acceptors (Lipinski definition) is 3. The highest BCUT2D eigenvalue weighted by Gasteiger charge is 2.22. The highest BCUT2D eigenvalue weighted by atomic mass is 16.2. The first-order valence-corrected chi connectivity index (χ1v) is 9.97. The summed E-state index contributed by atoms with van der Waals surface area (Å²) in [6.45, 7) is 5.74. The summed E-state index contributed by atoms with van der Waals surface area (Å²) in [7, 11) is 1.79. The molecule has 30 heavy (non-hydrogen) atoms. The van der Waals surface area contributed by atoms with Crippen molar-refractivity contribution in [3.63, 3.8) is 0 Å². The lowest BCUT2D eigenvalue weighted by atomic mass is 10.1. The maximum atomic E-state index is 13.0. The Balaban J connectivity index is 1.50. The zero-order chi connectivity index (χ0) is 21.3. The van der Waals surface area contributed by atoms with Gasteiger partial charge in [-0.3, -0.25) is 9.69 Å². The second kappa shape index (κ2) is 8.02. The fourth-order valence-corrected chi connectivity index (χ4v) is 3.76. The summed E-state index contributed by atoms with van der Waals surface area (Å²) in [6.07, 6.45) is 0. The van der Waals surface area contributed by atoms with E-state index >= 15 is 0 Å². The molecule has 1 aliphatic rings. The third-order valence-corrected chi connectivity index (χ3v) is 5.47. The van der Waals surface area contributed by atoms with Gasteiger partial charge in [-0.25, -0.2) is 9.48 Å². The molecule has 7 nitrogen and oxygen atoms in total. The van der Waals surface area contributed by atoms with E-state index in [0.717, 1.165) is 28.3 Å². The van der Waals surface area contributed by atoms with Crippen LogP contribution in [-0.4, -0.2) is 46.8 Å². The van der Waals surface area contributed by atoms with Crippen molar-refractivity contribution in [1.82, 2.24) is 20.0 Å². The van der Waals surface area contributed by atoms with Crippen LogP contribution in [0.4, 0.5) is 10.5 Å². The second-order valence-electron chi connectivity index (χ2n) is 7.49. The molecule has 2 aromatic carbocycles. The molecule has 7 heteroatoms. The SMILES string of the molecule is Cc1nn(-c2ccccc2)c(C)c1CN(C)C(=O)c1ccc(N2CCNC2=O)cc1. The van der Waals surface area contributed by atoms with Gasteiger partial charge in [0.25, 0.3) is 5.91 Å². The van der Waals surface area contributed by atoms with E-state index in [9.17, 15) is 9.59 Å². The molecule has 0 spiro atoms. The summed E-state index contributed by atoms with van der Waals surface area (Å²) in [6, 6.07) is 17.0. The first-order chi connectivity index (χ1) is 14.5. The molecule has 0 radical (unpaired) electrons. The minimum Gasteiger partial charge on any atom is -0.337 e. The molecule has 0 aliphatic carbocycles. The van der Waals surface area contributed by atoms with Crippen molar-refractivity contribution in [2.75, 3.05) is 25.0 Å². The summed E-state index contributed by atoms with van der Waals surface area (Å²) in [5.41, 5.74) is 5.35. The molecular weight excluding hydrogens is 378 g/mol. The van der Waals surface area contributed by atoms with Gasteiger partial charge in [0, 0.05) is 49.2 Å². The first kappa shape index (κ1) is 19.7. The van der Waals surface area contributed by atoms with E-state index in [4.69, 9.17) is 0 Å². The van der Waals surface area contributed by atoms with Gasteiger partial charge in [-0.15, -0.1) is 0 Å². The van der Waals surface area contributed by atoms with Gasteiger partial charge in [-0.2, -0.15) is 5.10 Å². The number of aryl methyl sites for hydroxylation is 1. The molecule has 1 aliphatic heterocycles. The molecule has 1 aromatic heterocycles. The lowest BCUT2D eigenvalue weighted by molar-refractivity contribution is 0.0784. The number of benzene rings is 2. The predicted molar refractivity (Wildman–Crippen MR) is 116 cm³/mol. The summed E-state index contributed by atoms with van der Waals surface area (Å²) in [4.78, 5) is 28.1. The Morgan fingerprint density at radius 1 is 1.07 bits per heavy atom. The minimum absolute atomic E-state index is 0.0707. The van der Waals surface area contributed by atoms with Crippen LogP contribution in [0.15, 0.2) is 54.6 Å². The number of carbonyl (C=O) groups is 2. The van der Waals surface area contributed by atoms with Gasteiger partial charge >= 0.3 is 6.03 Å². The molecular formula is C23H25N5O2. The third kappa shape index (κ3) is 3.66. The van der Waals surface area contributed by atoms with Gasteiger partial charge in [0.1, 0.15) is 0 Å². The Labute approximate surface area is 175 Å². The van der Waals surface area contributed by atoms with Gasteiger partial charge in [-0.1, -0.05) is 18.2 Å². The molecule has 1 fully saturated rings. The standard InChI is InChI=1S/C23H25N5O2/c1-16-21(17(2)28(25-16)20-7-5-4-6-8-20)15-26(3)22(29)18-9-11-19(12-10-18)27-14-13-24-23(27)30/h4-12H,13-15H2,1-3H3,(H,24,30). The Morgan fingerprint density at radius 2 is 1.77 bits per heavy atom. The fourth-order valence-electron chi connectivity index (χ4n) is 3.76. The number of nitrogens with one attached hydrogen (secondary N) is 1. The third-order valence-electron chi connectivity index (χ3n) is 5.47. The largest absolute Gasteiger partial charge is 0.337 e. The lowest BCUT2D eigenvalue weighted by Crippen LogP contribution is -2.28. The van der Waals surface area contributed by atoms with Gasteiger partial charge in [-0.05, 0) is 50.2 Å². The van der Waals surface area contributed by atoms with Gasteiger partial charge in [0.15, 0.2) is 0 Å². The smallest absolute Gasteiger partial charge is 0.321 e. The zero-order valence-electron chi connectivity index (χ0n) is 17.4. The Bertz CT molecular complexity index is 1070. The number of aromatic nitrogens is 2. The quantitative estimate of drug-likeness (QED) is 0.711. The van der Waals surface area contributed by atoms with Crippen molar-refractivity contribution in [1.29, 1.82) is 0 Å². The van der Waals surface area contributed by atoms with Crippen molar-refractivity contribution < 1.29 is 9.59 Å². The Hall–Kier alpha value is -3.61. The number of urea groups is 1. The van der Waals surface area contributed by atoms with E-state index in [2.05, 4.69) is 10.4 Å². The average molecular weight is 403 g/mol. The lowest BCUT2D eigenvalue weighted by Gasteiger charge is -2.19. The molecule has 154 valence electrons. The Morgan fingerprint density at radius 3 is 2.40 bits per heavy atom. The average Bonchev–Trinajstić information content (AvgIpc) is 3.32. The maximum absolute atomic E-state index is 13.0. The molecule has 3 amide bonds. The molecule has 0 atom stereocenters. The minimum atomic E-state index is -0.104. The van der Waals surface area contributed by atoms with Crippen LogP contribution in [-0.2, 0) is 6.54 Å². The number of nitrogens with zero attached hydrogens (tertiary/aromatic N) is 4.